The van der Waals surface area contributed by atoms with Gasteiger partial charge in [0.2, 0.25) is 0 Å². The Kier molecular flexibility index (Phi) is 9.90. The van der Waals surface area contributed by atoms with Crippen LogP contribution in [0.1, 0.15) is 137 Å². The Hall–Kier alpha value is -2.73. The van der Waals surface area contributed by atoms with Gasteiger partial charge in [-0.05, 0) is 98.4 Å². The predicted octanol–water partition coefficient (Wildman–Crippen LogP) is 9.55. The molecule has 4 saturated carbocycles. The molecule has 0 saturated heterocycles. The molecular formula is C37H48O3. The minimum Gasteiger partial charge on any atom is -0.493 e. The van der Waals surface area contributed by atoms with Crippen molar-refractivity contribution in [2.45, 2.75) is 115 Å². The smallest absolute Gasteiger partial charge is 0.336 e. The summed E-state index contributed by atoms with van der Waals surface area (Å²) in [7, 11) is 0. The number of hydrogen-bond acceptors (Lipinski definition) is 2. The van der Waals surface area contributed by atoms with Crippen molar-refractivity contribution in [1.29, 1.82) is 0 Å². The first-order valence-corrected chi connectivity index (χ1v) is 16.2. The van der Waals surface area contributed by atoms with Crippen molar-refractivity contribution in [2.24, 2.45) is 17.8 Å². The van der Waals surface area contributed by atoms with Gasteiger partial charge in [-0.15, -0.1) is 0 Å². The molecule has 0 amide bonds. The van der Waals surface area contributed by atoms with Crippen LogP contribution >= 0.6 is 0 Å². The van der Waals surface area contributed by atoms with Crippen molar-refractivity contribution in [3.63, 3.8) is 0 Å². The molecule has 0 heterocycles. The van der Waals surface area contributed by atoms with Gasteiger partial charge in [-0.25, -0.2) is 4.79 Å². The predicted molar refractivity (Wildman–Crippen MR) is 163 cm³/mol. The van der Waals surface area contributed by atoms with Crippen LogP contribution in [0.2, 0.25) is 0 Å². The van der Waals surface area contributed by atoms with Crippen LogP contribution < -0.4 is 4.74 Å². The van der Waals surface area contributed by atoms with Gasteiger partial charge in [-0.1, -0.05) is 88.7 Å². The number of ether oxygens (including phenoxy) is 1. The minimum absolute atomic E-state index is 0.221. The lowest BCUT2D eigenvalue weighted by Crippen LogP contribution is -2.48. The van der Waals surface area contributed by atoms with Crippen LogP contribution in [-0.2, 0) is 5.41 Å². The third kappa shape index (κ3) is 7.12. The monoisotopic (exact) mass is 540 g/mol. The average Bonchev–Trinajstić information content (AvgIpc) is 2.94. The Morgan fingerprint density at radius 2 is 1.43 bits per heavy atom. The number of carboxylic acids is 1. The van der Waals surface area contributed by atoms with E-state index in [0.29, 0.717) is 5.56 Å². The number of carbonyl (C=O) groups is 1. The second-order valence-corrected chi connectivity index (χ2v) is 13.0. The van der Waals surface area contributed by atoms with E-state index >= 15 is 0 Å². The van der Waals surface area contributed by atoms with Crippen LogP contribution in [0.3, 0.4) is 0 Å². The van der Waals surface area contributed by atoms with Crippen LogP contribution in [0.4, 0.5) is 0 Å². The van der Waals surface area contributed by atoms with Crippen molar-refractivity contribution in [1.82, 2.24) is 0 Å². The summed E-state index contributed by atoms with van der Waals surface area (Å²) in [5.41, 5.74) is 3.37. The molecule has 214 valence electrons. The van der Waals surface area contributed by atoms with Crippen LogP contribution in [-0.4, -0.2) is 17.7 Å². The number of aromatic carboxylic acids is 1. The SMILES string of the molecule is CCCCCCCCCCCCOc1ccc(C#Cc2ccccc2C(=O)O)cc1C12CC3CC(CC(C3)C1)C2. The molecule has 2 aromatic carbocycles. The minimum atomic E-state index is -0.935. The van der Waals surface area contributed by atoms with Gasteiger partial charge in [0.1, 0.15) is 5.75 Å². The molecular weight excluding hydrogens is 492 g/mol. The molecule has 0 spiro atoms. The zero-order valence-electron chi connectivity index (χ0n) is 24.6. The summed E-state index contributed by atoms with van der Waals surface area (Å²) >= 11 is 0. The van der Waals surface area contributed by atoms with E-state index < -0.39 is 5.97 Å². The molecule has 6 rings (SSSR count). The summed E-state index contributed by atoms with van der Waals surface area (Å²) in [6, 6.07) is 13.5. The number of carboxylic acid groups (broad SMARTS) is 1. The van der Waals surface area contributed by atoms with E-state index in [-0.39, 0.29) is 11.0 Å². The zero-order chi connectivity index (χ0) is 27.8. The molecule has 40 heavy (non-hydrogen) atoms. The van der Waals surface area contributed by atoms with Gasteiger partial charge < -0.3 is 9.84 Å². The van der Waals surface area contributed by atoms with E-state index in [4.69, 9.17) is 4.74 Å². The van der Waals surface area contributed by atoms with Crippen LogP contribution in [0, 0.1) is 29.6 Å². The molecule has 4 aliphatic carbocycles. The first kappa shape index (κ1) is 28.8. The summed E-state index contributed by atoms with van der Waals surface area (Å²) in [5, 5.41) is 9.56. The fraction of sp³-hybridized carbons (Fsp3) is 0.595. The summed E-state index contributed by atoms with van der Waals surface area (Å²) in [5.74, 6) is 9.16. The Balaban J connectivity index is 1.26. The van der Waals surface area contributed by atoms with Gasteiger partial charge in [0.25, 0.3) is 0 Å². The van der Waals surface area contributed by atoms with Crippen molar-refractivity contribution >= 4 is 5.97 Å². The van der Waals surface area contributed by atoms with Gasteiger partial charge in [0.05, 0.1) is 12.2 Å². The number of benzene rings is 2. The van der Waals surface area contributed by atoms with Gasteiger partial charge in [-0.3, -0.25) is 0 Å². The lowest BCUT2D eigenvalue weighted by Gasteiger charge is -2.57. The highest BCUT2D eigenvalue weighted by atomic mass is 16.5. The molecule has 1 N–H and O–H groups in total. The topological polar surface area (TPSA) is 46.5 Å². The van der Waals surface area contributed by atoms with Crippen LogP contribution in [0.25, 0.3) is 0 Å². The maximum Gasteiger partial charge on any atom is 0.336 e. The second-order valence-electron chi connectivity index (χ2n) is 13.0. The molecule has 0 atom stereocenters. The standard InChI is InChI=1S/C37H48O3/c1-2-3-4-5-6-7-8-9-10-13-20-40-35-19-17-28(16-18-32-14-11-12-15-33(32)36(38)39)24-34(35)37-25-29-21-30(26-37)23-31(22-29)27-37/h11-12,14-15,17,19,24,29-31H,2-10,13,20-23,25-27H2,1H3,(H,38,39). The Morgan fingerprint density at radius 1 is 0.825 bits per heavy atom. The zero-order valence-corrected chi connectivity index (χ0v) is 24.6. The Morgan fingerprint density at radius 3 is 2.05 bits per heavy atom. The van der Waals surface area contributed by atoms with Crippen molar-refractivity contribution < 1.29 is 14.6 Å². The molecule has 0 aromatic heterocycles. The highest BCUT2D eigenvalue weighted by molar-refractivity contribution is 5.90. The highest BCUT2D eigenvalue weighted by Crippen LogP contribution is 2.62. The molecule has 4 bridgehead atoms. The van der Waals surface area contributed by atoms with Gasteiger partial charge >= 0.3 is 5.97 Å². The summed E-state index contributed by atoms with van der Waals surface area (Å²) in [6.45, 7) is 3.06. The van der Waals surface area contributed by atoms with Crippen molar-refractivity contribution in [2.75, 3.05) is 6.61 Å². The van der Waals surface area contributed by atoms with E-state index in [1.54, 1.807) is 18.2 Å². The largest absolute Gasteiger partial charge is 0.493 e. The quantitative estimate of drug-likeness (QED) is 0.192. The number of unbranched alkanes of at least 4 members (excludes halogenated alkanes) is 9. The highest BCUT2D eigenvalue weighted by Gasteiger charge is 2.52. The van der Waals surface area contributed by atoms with E-state index in [1.165, 1.54) is 102 Å². The molecule has 0 unspecified atom stereocenters. The fourth-order valence-corrected chi connectivity index (χ4v) is 8.28. The number of rotatable bonds is 14. The van der Waals surface area contributed by atoms with Gasteiger partial charge in [-0.2, -0.15) is 0 Å². The van der Waals surface area contributed by atoms with Gasteiger partial charge in [0, 0.05) is 16.7 Å². The average molecular weight is 541 g/mol. The molecule has 4 aliphatic rings. The van der Waals surface area contributed by atoms with Crippen LogP contribution in [0.5, 0.6) is 5.75 Å². The summed E-state index contributed by atoms with van der Waals surface area (Å²) in [6.07, 6.45) is 21.4. The molecule has 0 aliphatic heterocycles. The first-order valence-electron chi connectivity index (χ1n) is 16.2. The Labute approximate surface area is 242 Å². The lowest BCUT2D eigenvalue weighted by atomic mass is 9.48. The molecule has 3 nitrogen and oxygen atoms in total. The molecule has 0 radical (unpaired) electrons. The maximum absolute atomic E-state index is 11.7. The van der Waals surface area contributed by atoms with Gasteiger partial charge in [0.15, 0.2) is 0 Å². The molecule has 2 aromatic rings. The lowest BCUT2D eigenvalue weighted by molar-refractivity contribution is -0.00641. The van der Waals surface area contributed by atoms with E-state index in [1.807, 2.05) is 6.07 Å². The first-order chi connectivity index (χ1) is 19.6. The van der Waals surface area contributed by atoms with E-state index in [9.17, 15) is 9.90 Å². The van der Waals surface area contributed by atoms with E-state index in [0.717, 1.165) is 42.1 Å². The fourth-order valence-electron chi connectivity index (χ4n) is 8.28. The summed E-state index contributed by atoms with van der Waals surface area (Å²) < 4.78 is 6.54. The van der Waals surface area contributed by atoms with E-state index in [2.05, 4.69) is 37.0 Å². The Bertz CT molecular complexity index is 1160. The third-order valence-corrected chi connectivity index (χ3v) is 9.84. The third-order valence-electron chi connectivity index (χ3n) is 9.84. The number of hydrogen-bond donors (Lipinski definition) is 1. The molecule has 4 fully saturated rings. The van der Waals surface area contributed by atoms with Crippen molar-refractivity contribution in [3.8, 4) is 17.6 Å². The molecule has 3 heteroatoms. The normalized spacial score (nSPS) is 24.5. The summed E-state index contributed by atoms with van der Waals surface area (Å²) in [4.78, 5) is 11.7. The maximum atomic E-state index is 11.7. The van der Waals surface area contributed by atoms with Crippen LogP contribution in [0.15, 0.2) is 42.5 Å². The second kappa shape index (κ2) is 13.8. The van der Waals surface area contributed by atoms with Crippen molar-refractivity contribution in [3.05, 3.63) is 64.7 Å².